The summed E-state index contributed by atoms with van der Waals surface area (Å²) in [5.74, 6) is 0. The first kappa shape index (κ1) is 11.0. The molecule has 0 fully saturated rings. The monoisotopic (exact) mass is 193 g/mol. The molecule has 1 N–H and O–H groups in total. The maximum atomic E-state index is 11.4. The Morgan fingerprint density at radius 3 is 1.17 bits per heavy atom. The Bertz CT molecular complexity index is 195. The first-order valence-corrected chi connectivity index (χ1v) is 2.33. The van der Waals surface area contributed by atoms with Crippen LogP contribution in [0.15, 0.2) is 0 Å². The summed E-state index contributed by atoms with van der Waals surface area (Å²) in [6.45, 7) is 0. The number of halogens is 6. The molecular weight excluding hydrogens is 192 g/mol. The Hall–Kier alpha value is -0.970. The number of hydrogen-bond acceptors (Lipinski definition) is 2. The quantitative estimate of drug-likeness (QED) is 0.466. The SMILES string of the molecule is N#CC(O)(C(F)(F)F)C(F)(F)F. The van der Waals surface area contributed by atoms with Gasteiger partial charge < -0.3 is 5.11 Å². The van der Waals surface area contributed by atoms with Gasteiger partial charge in [-0.3, -0.25) is 0 Å². The van der Waals surface area contributed by atoms with E-state index in [0.717, 1.165) is 0 Å². The molecule has 0 saturated heterocycles. The van der Waals surface area contributed by atoms with E-state index in [1.807, 2.05) is 0 Å². The highest BCUT2D eigenvalue weighted by Crippen LogP contribution is 2.42. The highest BCUT2D eigenvalue weighted by atomic mass is 19.4. The van der Waals surface area contributed by atoms with Gasteiger partial charge in [-0.1, -0.05) is 0 Å². The van der Waals surface area contributed by atoms with Crippen molar-refractivity contribution in [3.05, 3.63) is 0 Å². The first-order chi connectivity index (χ1) is 5.06. The van der Waals surface area contributed by atoms with Crippen LogP contribution in [-0.2, 0) is 0 Å². The molecule has 0 aromatic rings. The standard InChI is InChI=1S/C4HF6NO/c5-3(6,7)2(12,1-11)4(8,9)10/h12H. The van der Waals surface area contributed by atoms with Crippen LogP contribution in [0.4, 0.5) is 26.3 Å². The molecule has 0 aliphatic rings. The Balaban J connectivity index is 5.14. The normalized spacial score (nSPS) is 14.2. The van der Waals surface area contributed by atoms with Crippen molar-refractivity contribution in [2.75, 3.05) is 0 Å². The summed E-state index contributed by atoms with van der Waals surface area (Å²) >= 11 is 0. The van der Waals surface area contributed by atoms with E-state index in [-0.39, 0.29) is 6.07 Å². The second-order valence-corrected chi connectivity index (χ2v) is 1.82. The van der Waals surface area contributed by atoms with E-state index in [9.17, 15) is 26.3 Å². The van der Waals surface area contributed by atoms with Gasteiger partial charge in [-0.2, -0.15) is 31.6 Å². The molecule has 0 aliphatic heterocycles. The fraction of sp³-hybridized carbons (Fsp3) is 0.750. The van der Waals surface area contributed by atoms with Crippen molar-refractivity contribution in [3.8, 4) is 6.07 Å². The largest absolute Gasteiger partial charge is 0.440 e. The zero-order chi connectivity index (χ0) is 10.2. The van der Waals surface area contributed by atoms with Crippen molar-refractivity contribution in [3.63, 3.8) is 0 Å². The molecule has 0 atom stereocenters. The fourth-order valence-corrected chi connectivity index (χ4v) is 0.287. The van der Waals surface area contributed by atoms with Crippen LogP contribution in [0.5, 0.6) is 0 Å². The zero-order valence-electron chi connectivity index (χ0n) is 5.16. The van der Waals surface area contributed by atoms with Gasteiger partial charge in [-0.05, 0) is 0 Å². The molecule has 12 heavy (non-hydrogen) atoms. The molecule has 0 rings (SSSR count). The van der Waals surface area contributed by atoms with Gasteiger partial charge in [0.05, 0.1) is 0 Å². The first-order valence-electron chi connectivity index (χ1n) is 2.33. The molecule has 0 radical (unpaired) electrons. The molecule has 0 spiro atoms. The van der Waals surface area contributed by atoms with Gasteiger partial charge >= 0.3 is 18.0 Å². The highest BCUT2D eigenvalue weighted by molar-refractivity contribution is 5.10. The van der Waals surface area contributed by atoms with E-state index in [1.54, 1.807) is 0 Å². The van der Waals surface area contributed by atoms with Crippen LogP contribution in [0.1, 0.15) is 0 Å². The predicted octanol–water partition coefficient (Wildman–Crippen LogP) is 1.37. The van der Waals surface area contributed by atoms with Gasteiger partial charge in [0.1, 0.15) is 6.07 Å². The van der Waals surface area contributed by atoms with Crippen LogP contribution in [-0.4, -0.2) is 23.1 Å². The van der Waals surface area contributed by atoms with Crippen LogP contribution in [0.3, 0.4) is 0 Å². The molecule has 0 heterocycles. The number of nitrogens with zero attached hydrogens (tertiary/aromatic N) is 1. The lowest BCUT2D eigenvalue weighted by Gasteiger charge is -2.25. The van der Waals surface area contributed by atoms with Gasteiger partial charge in [0.25, 0.3) is 0 Å². The van der Waals surface area contributed by atoms with Gasteiger partial charge in [0.2, 0.25) is 0 Å². The Morgan fingerprint density at radius 2 is 1.17 bits per heavy atom. The van der Waals surface area contributed by atoms with Crippen LogP contribution < -0.4 is 0 Å². The minimum atomic E-state index is -6.04. The van der Waals surface area contributed by atoms with Gasteiger partial charge in [-0.15, -0.1) is 0 Å². The Labute approximate surface area is 62.0 Å². The van der Waals surface area contributed by atoms with Crippen molar-refractivity contribution in [2.24, 2.45) is 0 Å². The molecular formula is C4HF6NO. The van der Waals surface area contributed by atoms with Gasteiger partial charge in [0, 0.05) is 0 Å². The molecule has 0 amide bonds. The summed E-state index contributed by atoms with van der Waals surface area (Å²) in [5.41, 5.74) is -5.28. The lowest BCUT2D eigenvalue weighted by Crippen LogP contribution is -2.55. The average Bonchev–Trinajstić information content (AvgIpc) is 1.81. The molecule has 2 nitrogen and oxygen atoms in total. The average molecular weight is 193 g/mol. The number of alkyl halides is 6. The van der Waals surface area contributed by atoms with Crippen LogP contribution in [0.2, 0.25) is 0 Å². The molecule has 0 aromatic heterocycles. The number of nitriles is 1. The second kappa shape index (κ2) is 2.52. The molecule has 0 unspecified atom stereocenters. The Kier molecular flexibility index (Phi) is 2.31. The molecule has 70 valence electrons. The van der Waals surface area contributed by atoms with Crippen molar-refractivity contribution in [1.82, 2.24) is 0 Å². The summed E-state index contributed by atoms with van der Waals surface area (Å²) in [7, 11) is 0. The van der Waals surface area contributed by atoms with Crippen molar-refractivity contribution in [2.45, 2.75) is 18.0 Å². The topological polar surface area (TPSA) is 44.0 Å². The lowest BCUT2D eigenvalue weighted by molar-refractivity contribution is -0.344. The highest BCUT2D eigenvalue weighted by Gasteiger charge is 2.71. The summed E-state index contributed by atoms with van der Waals surface area (Å²) in [6, 6.07) is -0.236. The lowest BCUT2D eigenvalue weighted by atomic mass is 10.1. The fourth-order valence-electron chi connectivity index (χ4n) is 0.287. The van der Waals surface area contributed by atoms with Crippen molar-refractivity contribution in [1.29, 1.82) is 5.26 Å². The Morgan fingerprint density at radius 1 is 0.917 bits per heavy atom. The molecule has 8 heteroatoms. The van der Waals surface area contributed by atoms with E-state index < -0.39 is 18.0 Å². The molecule has 0 saturated carbocycles. The predicted molar refractivity (Wildman–Crippen MR) is 22.7 cm³/mol. The second-order valence-electron chi connectivity index (χ2n) is 1.82. The minimum Gasteiger partial charge on any atom is -0.361 e. The van der Waals surface area contributed by atoms with E-state index in [4.69, 9.17) is 10.4 Å². The third-order valence-corrected chi connectivity index (χ3v) is 0.982. The smallest absolute Gasteiger partial charge is 0.361 e. The van der Waals surface area contributed by atoms with E-state index in [0.29, 0.717) is 0 Å². The third kappa shape index (κ3) is 1.45. The minimum absolute atomic E-state index is 0.236. The third-order valence-electron chi connectivity index (χ3n) is 0.982. The summed E-state index contributed by atoms with van der Waals surface area (Å²) in [5, 5.41) is 15.4. The molecule has 0 bridgehead atoms. The maximum Gasteiger partial charge on any atom is 0.440 e. The summed E-state index contributed by atoms with van der Waals surface area (Å²) in [6.07, 6.45) is -12.1. The summed E-state index contributed by atoms with van der Waals surface area (Å²) < 4.78 is 68.4. The van der Waals surface area contributed by atoms with E-state index in [1.165, 1.54) is 0 Å². The van der Waals surface area contributed by atoms with Gasteiger partial charge in [0.15, 0.2) is 0 Å². The van der Waals surface area contributed by atoms with E-state index in [2.05, 4.69) is 0 Å². The number of rotatable bonds is 0. The van der Waals surface area contributed by atoms with E-state index >= 15 is 0 Å². The van der Waals surface area contributed by atoms with Crippen LogP contribution >= 0.6 is 0 Å². The van der Waals surface area contributed by atoms with Crippen molar-refractivity contribution < 1.29 is 31.4 Å². The van der Waals surface area contributed by atoms with Crippen LogP contribution in [0, 0.1) is 11.3 Å². The molecule has 0 aromatic carbocycles. The van der Waals surface area contributed by atoms with Crippen LogP contribution in [0.25, 0.3) is 0 Å². The zero-order valence-corrected chi connectivity index (χ0v) is 5.16. The maximum absolute atomic E-state index is 11.4. The van der Waals surface area contributed by atoms with Crippen molar-refractivity contribution >= 4 is 0 Å². The van der Waals surface area contributed by atoms with Gasteiger partial charge in [-0.25, -0.2) is 0 Å². The summed E-state index contributed by atoms with van der Waals surface area (Å²) in [4.78, 5) is 0. The number of hydrogen-bond donors (Lipinski definition) is 1. The molecule has 0 aliphatic carbocycles. The number of aliphatic hydroxyl groups is 1.